The molecule has 0 fully saturated rings. The van der Waals surface area contributed by atoms with Crippen molar-refractivity contribution in [1.29, 1.82) is 0 Å². The molecule has 1 aromatic carbocycles. The highest BCUT2D eigenvalue weighted by atomic mass is 79.9. The summed E-state index contributed by atoms with van der Waals surface area (Å²) in [6.45, 7) is 2.04. The number of pyridine rings is 1. The van der Waals surface area contributed by atoms with Crippen molar-refractivity contribution in [2.75, 3.05) is 0 Å². The molecule has 0 saturated carbocycles. The number of carbonyl (C=O) groups excluding carboxylic acids is 1. The van der Waals surface area contributed by atoms with E-state index < -0.39 is 0 Å². The number of rotatable bonds is 2. The van der Waals surface area contributed by atoms with Crippen LogP contribution in [0.2, 0.25) is 0 Å². The number of aldehydes is 1. The SMILES string of the molecule is Cc1ccn2c(C=O)c(-c3cc(Br)ccc3Br)cc2c1. The number of halogens is 2. The van der Waals surface area contributed by atoms with E-state index in [1.54, 1.807) is 0 Å². The summed E-state index contributed by atoms with van der Waals surface area (Å²) in [5, 5.41) is 0. The molecule has 2 heterocycles. The molecule has 0 atom stereocenters. The van der Waals surface area contributed by atoms with E-state index in [1.165, 1.54) is 5.56 Å². The lowest BCUT2D eigenvalue weighted by Crippen LogP contribution is -1.92. The first kappa shape index (κ1) is 13.6. The number of benzene rings is 1. The molecule has 0 N–H and O–H groups in total. The molecule has 0 aliphatic rings. The molecule has 0 bridgehead atoms. The van der Waals surface area contributed by atoms with Crippen molar-refractivity contribution in [3.8, 4) is 11.1 Å². The number of carbonyl (C=O) groups is 1. The predicted molar refractivity (Wildman–Crippen MR) is 88.4 cm³/mol. The monoisotopic (exact) mass is 391 g/mol. The Kier molecular flexibility index (Phi) is 3.52. The highest BCUT2D eigenvalue weighted by Gasteiger charge is 2.14. The van der Waals surface area contributed by atoms with Gasteiger partial charge in [0.2, 0.25) is 0 Å². The summed E-state index contributed by atoms with van der Waals surface area (Å²) in [7, 11) is 0. The number of hydrogen-bond acceptors (Lipinski definition) is 1. The molecule has 0 aliphatic heterocycles. The third-order valence-electron chi connectivity index (χ3n) is 3.30. The van der Waals surface area contributed by atoms with Crippen LogP contribution in [0.4, 0.5) is 0 Å². The first-order valence-electron chi connectivity index (χ1n) is 6.12. The van der Waals surface area contributed by atoms with Crippen molar-refractivity contribution >= 4 is 43.7 Å². The van der Waals surface area contributed by atoms with Gasteiger partial charge in [-0.1, -0.05) is 31.9 Å². The number of hydrogen-bond donors (Lipinski definition) is 0. The number of fused-ring (bicyclic) bond motifs is 1. The van der Waals surface area contributed by atoms with Gasteiger partial charge in [-0.2, -0.15) is 0 Å². The van der Waals surface area contributed by atoms with E-state index in [9.17, 15) is 4.79 Å². The zero-order valence-corrected chi connectivity index (χ0v) is 13.9. The Labute approximate surface area is 133 Å². The summed E-state index contributed by atoms with van der Waals surface area (Å²) in [6.07, 6.45) is 2.84. The Morgan fingerprint density at radius 1 is 1.05 bits per heavy atom. The van der Waals surface area contributed by atoms with Crippen LogP contribution in [0.25, 0.3) is 16.6 Å². The summed E-state index contributed by atoms with van der Waals surface area (Å²) in [5.41, 5.74) is 4.79. The van der Waals surface area contributed by atoms with Gasteiger partial charge in [-0.25, -0.2) is 0 Å². The maximum Gasteiger partial charge on any atom is 0.167 e. The molecule has 20 heavy (non-hydrogen) atoms. The third-order valence-corrected chi connectivity index (χ3v) is 4.48. The van der Waals surface area contributed by atoms with Crippen molar-refractivity contribution in [1.82, 2.24) is 4.40 Å². The van der Waals surface area contributed by atoms with E-state index in [1.807, 2.05) is 47.9 Å². The zero-order valence-electron chi connectivity index (χ0n) is 10.7. The Morgan fingerprint density at radius 3 is 2.60 bits per heavy atom. The number of nitrogens with zero attached hydrogens (tertiary/aromatic N) is 1. The predicted octanol–water partition coefficient (Wildman–Crippen LogP) is 5.25. The van der Waals surface area contributed by atoms with Gasteiger partial charge in [-0.3, -0.25) is 4.79 Å². The Bertz CT molecular complexity index is 821. The van der Waals surface area contributed by atoms with Crippen LogP contribution in [-0.2, 0) is 0 Å². The molecule has 0 radical (unpaired) electrons. The quantitative estimate of drug-likeness (QED) is 0.545. The highest BCUT2D eigenvalue weighted by molar-refractivity contribution is 9.11. The fourth-order valence-corrected chi connectivity index (χ4v) is 3.17. The average molecular weight is 393 g/mol. The fourth-order valence-electron chi connectivity index (χ4n) is 2.35. The third kappa shape index (κ3) is 2.23. The Balaban J connectivity index is 2.35. The van der Waals surface area contributed by atoms with Gasteiger partial charge in [0.15, 0.2) is 6.29 Å². The second kappa shape index (κ2) is 5.19. The van der Waals surface area contributed by atoms with E-state index in [-0.39, 0.29) is 0 Å². The van der Waals surface area contributed by atoms with Crippen LogP contribution in [0.5, 0.6) is 0 Å². The standard InChI is InChI=1S/C16H11Br2NO/c1-10-4-5-19-12(6-10)8-14(16(19)9-20)13-7-11(17)2-3-15(13)18/h2-9H,1H3. The second-order valence-electron chi connectivity index (χ2n) is 4.68. The lowest BCUT2D eigenvalue weighted by molar-refractivity contribution is 0.111. The van der Waals surface area contributed by atoms with Gasteiger partial charge in [-0.05, 0) is 54.4 Å². The lowest BCUT2D eigenvalue weighted by atomic mass is 10.1. The Morgan fingerprint density at radius 2 is 1.85 bits per heavy atom. The lowest BCUT2D eigenvalue weighted by Gasteiger charge is -2.04. The average Bonchev–Trinajstić information content (AvgIpc) is 2.78. The van der Waals surface area contributed by atoms with E-state index in [2.05, 4.69) is 37.9 Å². The molecule has 0 aliphatic carbocycles. The van der Waals surface area contributed by atoms with Gasteiger partial charge >= 0.3 is 0 Å². The maximum atomic E-state index is 11.5. The topological polar surface area (TPSA) is 21.5 Å². The van der Waals surface area contributed by atoms with Crippen LogP contribution in [0, 0.1) is 6.92 Å². The molecule has 3 aromatic rings. The second-order valence-corrected chi connectivity index (χ2v) is 6.45. The molecule has 0 saturated heterocycles. The number of aryl methyl sites for hydroxylation is 1. The van der Waals surface area contributed by atoms with Gasteiger partial charge in [0, 0.05) is 26.2 Å². The van der Waals surface area contributed by atoms with Crippen molar-refractivity contribution in [3.63, 3.8) is 0 Å². The van der Waals surface area contributed by atoms with E-state index >= 15 is 0 Å². The van der Waals surface area contributed by atoms with Crippen molar-refractivity contribution in [3.05, 3.63) is 62.8 Å². The summed E-state index contributed by atoms with van der Waals surface area (Å²) in [5.74, 6) is 0. The summed E-state index contributed by atoms with van der Waals surface area (Å²) in [6, 6.07) is 12.1. The molecular formula is C16H11Br2NO. The van der Waals surface area contributed by atoms with Gasteiger partial charge in [0.05, 0.1) is 5.69 Å². The maximum absolute atomic E-state index is 11.5. The van der Waals surface area contributed by atoms with E-state index in [0.717, 1.165) is 31.9 Å². The largest absolute Gasteiger partial charge is 0.314 e. The van der Waals surface area contributed by atoms with E-state index in [0.29, 0.717) is 5.69 Å². The summed E-state index contributed by atoms with van der Waals surface area (Å²) >= 11 is 7.04. The molecule has 3 rings (SSSR count). The van der Waals surface area contributed by atoms with Crippen molar-refractivity contribution < 1.29 is 4.79 Å². The molecule has 0 amide bonds. The minimum atomic E-state index is 0.666. The van der Waals surface area contributed by atoms with Crippen LogP contribution in [-0.4, -0.2) is 10.7 Å². The first-order chi connectivity index (χ1) is 9.60. The molecule has 0 spiro atoms. The van der Waals surface area contributed by atoms with E-state index in [4.69, 9.17) is 0 Å². The van der Waals surface area contributed by atoms with Gasteiger partial charge < -0.3 is 4.40 Å². The minimum absolute atomic E-state index is 0.666. The minimum Gasteiger partial charge on any atom is -0.314 e. The molecular weight excluding hydrogens is 382 g/mol. The summed E-state index contributed by atoms with van der Waals surface area (Å²) < 4.78 is 3.87. The van der Waals surface area contributed by atoms with Crippen LogP contribution in [0.15, 0.2) is 51.5 Å². The molecule has 2 aromatic heterocycles. The van der Waals surface area contributed by atoms with Crippen LogP contribution in [0.1, 0.15) is 16.1 Å². The molecule has 0 unspecified atom stereocenters. The summed E-state index contributed by atoms with van der Waals surface area (Å²) in [4.78, 5) is 11.5. The van der Waals surface area contributed by atoms with Crippen molar-refractivity contribution in [2.45, 2.75) is 6.92 Å². The zero-order chi connectivity index (χ0) is 14.3. The fraction of sp³-hybridized carbons (Fsp3) is 0.0625. The smallest absolute Gasteiger partial charge is 0.167 e. The van der Waals surface area contributed by atoms with Gasteiger partial charge in [0.1, 0.15) is 0 Å². The van der Waals surface area contributed by atoms with Gasteiger partial charge in [-0.15, -0.1) is 0 Å². The Hall–Kier alpha value is -1.39. The van der Waals surface area contributed by atoms with Crippen LogP contribution >= 0.6 is 31.9 Å². The number of aromatic nitrogens is 1. The first-order valence-corrected chi connectivity index (χ1v) is 7.71. The highest BCUT2D eigenvalue weighted by Crippen LogP contribution is 2.34. The molecule has 100 valence electrons. The normalized spacial score (nSPS) is 10.9. The molecule has 2 nitrogen and oxygen atoms in total. The van der Waals surface area contributed by atoms with Crippen molar-refractivity contribution in [2.24, 2.45) is 0 Å². The van der Waals surface area contributed by atoms with Crippen LogP contribution in [0.3, 0.4) is 0 Å². The van der Waals surface area contributed by atoms with Crippen LogP contribution < -0.4 is 0 Å². The van der Waals surface area contributed by atoms with Gasteiger partial charge in [0.25, 0.3) is 0 Å². The molecule has 4 heteroatoms.